The highest BCUT2D eigenvalue weighted by Gasteiger charge is 2.28. The molecule has 0 heterocycles. The number of amides is 2. The van der Waals surface area contributed by atoms with Crippen LogP contribution in [0.1, 0.15) is 49.4 Å². The minimum absolute atomic E-state index is 0.0601. The fourth-order valence-electron chi connectivity index (χ4n) is 3.11. The summed E-state index contributed by atoms with van der Waals surface area (Å²) in [4.78, 5) is 26.1. The van der Waals surface area contributed by atoms with E-state index in [1.807, 2.05) is 25.9 Å². The molecule has 0 radical (unpaired) electrons. The van der Waals surface area contributed by atoms with Crippen molar-refractivity contribution in [3.63, 3.8) is 0 Å². The lowest BCUT2D eigenvalue weighted by Crippen LogP contribution is -2.47. The molecule has 0 aromatic heterocycles. The highest BCUT2D eigenvalue weighted by Crippen LogP contribution is 2.28. The number of hydrogen-bond acceptors (Lipinski definition) is 3. The lowest BCUT2D eigenvalue weighted by atomic mass is 9.83. The number of nitrogens with zero attached hydrogens (tertiary/aromatic N) is 1. The summed E-state index contributed by atoms with van der Waals surface area (Å²) < 4.78 is 14.3. The molecule has 1 aromatic carbocycles. The van der Waals surface area contributed by atoms with Gasteiger partial charge in [0.15, 0.2) is 0 Å². The van der Waals surface area contributed by atoms with E-state index in [0.29, 0.717) is 6.54 Å². The van der Waals surface area contributed by atoms with Crippen LogP contribution in [0, 0.1) is 5.82 Å². The van der Waals surface area contributed by atoms with Crippen LogP contribution in [0.2, 0.25) is 0 Å². The van der Waals surface area contributed by atoms with Crippen molar-refractivity contribution in [1.29, 1.82) is 0 Å². The molecule has 26 heavy (non-hydrogen) atoms. The van der Waals surface area contributed by atoms with Gasteiger partial charge in [0.2, 0.25) is 5.91 Å². The zero-order chi connectivity index (χ0) is 19.2. The Morgan fingerprint density at radius 1 is 1.23 bits per heavy atom. The third-order valence-electron chi connectivity index (χ3n) is 4.60. The van der Waals surface area contributed by atoms with Crippen molar-refractivity contribution < 1.29 is 14.0 Å². The first-order valence-corrected chi connectivity index (χ1v) is 9.03. The second-order valence-corrected chi connectivity index (χ2v) is 7.42. The van der Waals surface area contributed by atoms with E-state index in [1.54, 1.807) is 6.08 Å². The second kappa shape index (κ2) is 8.94. The predicted molar refractivity (Wildman–Crippen MR) is 102 cm³/mol. The minimum atomic E-state index is -0.624. The Hall–Kier alpha value is -2.21. The average Bonchev–Trinajstić information content (AvgIpc) is 2.56. The van der Waals surface area contributed by atoms with Crippen molar-refractivity contribution in [3.05, 3.63) is 41.7 Å². The van der Waals surface area contributed by atoms with E-state index >= 15 is 0 Å². The maximum Gasteiger partial charge on any atom is 0.251 e. The third kappa shape index (κ3) is 5.95. The molecule has 0 bridgehead atoms. The van der Waals surface area contributed by atoms with Crippen LogP contribution < -0.4 is 10.6 Å². The normalized spacial score (nSPS) is 16.7. The van der Waals surface area contributed by atoms with Crippen LogP contribution in [0.25, 0.3) is 0 Å². The Labute approximate surface area is 154 Å². The molecule has 1 aliphatic rings. The molecule has 2 rings (SSSR count). The Morgan fingerprint density at radius 2 is 1.92 bits per heavy atom. The first kappa shape index (κ1) is 20.1. The SMILES string of the molecule is CN(C)C/C=C/C(=O)Nc1ccc(C(=O)NC2(C)CCCCC2)cc1F. The van der Waals surface area contributed by atoms with Crippen molar-refractivity contribution in [2.45, 2.75) is 44.6 Å². The lowest BCUT2D eigenvalue weighted by Gasteiger charge is -2.34. The van der Waals surface area contributed by atoms with E-state index < -0.39 is 11.7 Å². The van der Waals surface area contributed by atoms with Gasteiger partial charge in [0.25, 0.3) is 5.91 Å². The average molecular weight is 361 g/mol. The molecule has 0 spiro atoms. The monoisotopic (exact) mass is 361 g/mol. The zero-order valence-electron chi connectivity index (χ0n) is 15.8. The summed E-state index contributed by atoms with van der Waals surface area (Å²) in [5.41, 5.74) is 0.0935. The fraction of sp³-hybridized carbons (Fsp3) is 0.500. The molecule has 0 unspecified atom stereocenters. The van der Waals surface area contributed by atoms with Gasteiger partial charge >= 0.3 is 0 Å². The molecule has 142 valence electrons. The van der Waals surface area contributed by atoms with Crippen molar-refractivity contribution in [2.24, 2.45) is 0 Å². The number of hydrogen-bond donors (Lipinski definition) is 2. The number of carbonyl (C=O) groups is 2. The van der Waals surface area contributed by atoms with Crippen molar-refractivity contribution in [2.75, 3.05) is 26.0 Å². The van der Waals surface area contributed by atoms with Gasteiger partial charge in [0.1, 0.15) is 5.82 Å². The summed E-state index contributed by atoms with van der Waals surface area (Å²) >= 11 is 0. The summed E-state index contributed by atoms with van der Waals surface area (Å²) in [5.74, 6) is -1.31. The number of carbonyl (C=O) groups excluding carboxylic acids is 2. The van der Waals surface area contributed by atoms with Crippen LogP contribution in [0.4, 0.5) is 10.1 Å². The Morgan fingerprint density at radius 3 is 2.54 bits per heavy atom. The number of nitrogens with one attached hydrogen (secondary N) is 2. The molecule has 1 aromatic rings. The molecule has 1 fully saturated rings. The van der Waals surface area contributed by atoms with Gasteiger partial charge in [-0.3, -0.25) is 9.59 Å². The topological polar surface area (TPSA) is 61.4 Å². The summed E-state index contributed by atoms with van der Waals surface area (Å²) in [5, 5.41) is 5.52. The summed E-state index contributed by atoms with van der Waals surface area (Å²) in [6.07, 6.45) is 8.32. The Kier molecular flexibility index (Phi) is 6.91. The van der Waals surface area contributed by atoms with Crippen molar-refractivity contribution in [1.82, 2.24) is 10.2 Å². The molecule has 6 heteroatoms. The van der Waals surface area contributed by atoms with Gasteiger partial charge < -0.3 is 15.5 Å². The first-order chi connectivity index (χ1) is 12.3. The number of likely N-dealkylation sites (N-methyl/N-ethyl adjacent to an activating group) is 1. The zero-order valence-corrected chi connectivity index (χ0v) is 15.8. The molecule has 0 atom stereocenters. The largest absolute Gasteiger partial charge is 0.347 e. The van der Waals surface area contributed by atoms with Gasteiger partial charge in [-0.2, -0.15) is 0 Å². The smallest absolute Gasteiger partial charge is 0.251 e. The number of rotatable bonds is 6. The molecular weight excluding hydrogens is 333 g/mol. The van der Waals surface area contributed by atoms with Gasteiger partial charge in [0, 0.05) is 23.7 Å². The summed E-state index contributed by atoms with van der Waals surface area (Å²) in [6, 6.07) is 4.12. The van der Waals surface area contributed by atoms with Gasteiger partial charge in [-0.25, -0.2) is 4.39 Å². The molecule has 2 amide bonds. The molecule has 5 nitrogen and oxygen atoms in total. The van der Waals surface area contributed by atoms with Crippen molar-refractivity contribution >= 4 is 17.5 Å². The van der Waals surface area contributed by atoms with Crippen LogP contribution in [0.5, 0.6) is 0 Å². The maximum atomic E-state index is 14.3. The predicted octanol–water partition coefficient (Wildman–Crippen LogP) is 3.33. The second-order valence-electron chi connectivity index (χ2n) is 7.42. The highest BCUT2D eigenvalue weighted by molar-refractivity contribution is 6.00. The fourth-order valence-corrected chi connectivity index (χ4v) is 3.11. The van der Waals surface area contributed by atoms with E-state index in [1.165, 1.54) is 30.7 Å². The highest BCUT2D eigenvalue weighted by atomic mass is 19.1. The van der Waals surface area contributed by atoms with E-state index in [2.05, 4.69) is 10.6 Å². The molecule has 1 saturated carbocycles. The van der Waals surface area contributed by atoms with E-state index in [-0.39, 0.29) is 22.7 Å². The van der Waals surface area contributed by atoms with Gasteiger partial charge in [0.05, 0.1) is 5.69 Å². The van der Waals surface area contributed by atoms with Gasteiger partial charge in [-0.15, -0.1) is 0 Å². The Bertz CT molecular complexity index is 680. The van der Waals surface area contributed by atoms with Crippen molar-refractivity contribution in [3.8, 4) is 0 Å². The van der Waals surface area contributed by atoms with Crippen LogP contribution in [-0.4, -0.2) is 42.9 Å². The van der Waals surface area contributed by atoms with Crippen LogP contribution in [-0.2, 0) is 4.79 Å². The summed E-state index contributed by atoms with van der Waals surface area (Å²) in [7, 11) is 3.78. The first-order valence-electron chi connectivity index (χ1n) is 9.03. The standard InChI is InChI=1S/C20H28FN3O2/c1-20(11-5-4-6-12-20)23-19(26)15-9-10-17(16(21)14-15)22-18(25)8-7-13-24(2)3/h7-10,14H,4-6,11-13H2,1-3H3,(H,22,25)(H,23,26)/b8-7+. The molecule has 0 aliphatic heterocycles. The quantitative estimate of drug-likeness (QED) is 0.764. The molecule has 2 N–H and O–H groups in total. The maximum absolute atomic E-state index is 14.3. The van der Waals surface area contributed by atoms with Gasteiger partial charge in [-0.1, -0.05) is 25.3 Å². The lowest BCUT2D eigenvalue weighted by molar-refractivity contribution is -0.111. The van der Waals surface area contributed by atoms with E-state index in [0.717, 1.165) is 25.7 Å². The number of halogens is 1. The van der Waals surface area contributed by atoms with E-state index in [4.69, 9.17) is 0 Å². The summed E-state index contributed by atoms with van der Waals surface area (Å²) in [6.45, 7) is 2.66. The molecular formula is C20H28FN3O2. The molecule has 1 aliphatic carbocycles. The number of benzene rings is 1. The molecule has 0 saturated heterocycles. The van der Waals surface area contributed by atoms with Gasteiger partial charge in [-0.05, 0) is 52.1 Å². The third-order valence-corrected chi connectivity index (χ3v) is 4.60. The Balaban J connectivity index is 1.98. The van der Waals surface area contributed by atoms with Crippen LogP contribution in [0.3, 0.4) is 0 Å². The van der Waals surface area contributed by atoms with E-state index in [9.17, 15) is 14.0 Å². The van der Waals surface area contributed by atoms with Crippen LogP contribution in [0.15, 0.2) is 30.4 Å². The minimum Gasteiger partial charge on any atom is -0.347 e. The van der Waals surface area contributed by atoms with Crippen LogP contribution >= 0.6 is 0 Å². The number of anilines is 1.